The normalized spacial score (nSPS) is 15.2. The van der Waals surface area contributed by atoms with Crippen LogP contribution in [0.15, 0.2) is 65.3 Å². The van der Waals surface area contributed by atoms with Crippen molar-refractivity contribution in [2.24, 2.45) is 5.92 Å². The number of aliphatic hydroxyl groups is 1. The van der Waals surface area contributed by atoms with Gasteiger partial charge in [-0.1, -0.05) is 62.4 Å². The van der Waals surface area contributed by atoms with E-state index in [2.05, 4.69) is 15.6 Å². The largest absolute Gasteiger partial charge is 0.465 e. The van der Waals surface area contributed by atoms with Crippen molar-refractivity contribution in [1.29, 1.82) is 0 Å². The molecule has 3 amide bonds. The Labute approximate surface area is 233 Å². The van der Waals surface area contributed by atoms with Crippen LogP contribution in [0.5, 0.6) is 0 Å². The quantitative estimate of drug-likeness (QED) is 0.282. The number of nitrogens with one attached hydrogen (secondary N) is 2. The van der Waals surface area contributed by atoms with Crippen molar-refractivity contribution in [3.05, 3.63) is 83.6 Å². The van der Waals surface area contributed by atoms with Gasteiger partial charge in [-0.25, -0.2) is 9.78 Å². The van der Waals surface area contributed by atoms with Gasteiger partial charge in [0.1, 0.15) is 12.3 Å². The number of fused-ring (bicyclic) bond motifs is 1. The summed E-state index contributed by atoms with van der Waals surface area (Å²) in [5.41, 5.74) is 2.98. The van der Waals surface area contributed by atoms with Crippen molar-refractivity contribution in [1.82, 2.24) is 15.6 Å². The number of benzene rings is 2. The molecule has 40 heavy (non-hydrogen) atoms. The highest BCUT2D eigenvalue weighted by molar-refractivity contribution is 6.05. The first-order valence-electron chi connectivity index (χ1n) is 13.6. The van der Waals surface area contributed by atoms with Crippen LogP contribution < -0.4 is 15.5 Å². The van der Waals surface area contributed by atoms with Gasteiger partial charge in [-0.2, -0.15) is 0 Å². The van der Waals surface area contributed by atoms with Gasteiger partial charge in [0, 0.05) is 12.2 Å². The van der Waals surface area contributed by atoms with E-state index in [9.17, 15) is 24.6 Å². The van der Waals surface area contributed by atoms with Gasteiger partial charge in [-0.05, 0) is 55.2 Å². The third-order valence-electron chi connectivity index (χ3n) is 6.97. The molecule has 4 rings (SSSR count). The second-order valence-electron chi connectivity index (χ2n) is 10.5. The maximum absolute atomic E-state index is 13.3. The van der Waals surface area contributed by atoms with E-state index in [1.54, 1.807) is 4.90 Å². The molecule has 0 radical (unpaired) electrons. The fourth-order valence-electron chi connectivity index (χ4n) is 4.99. The lowest BCUT2D eigenvalue weighted by molar-refractivity contribution is -0.125. The lowest BCUT2D eigenvalue weighted by atomic mass is 9.99. The van der Waals surface area contributed by atoms with Gasteiger partial charge < -0.3 is 30.2 Å². The summed E-state index contributed by atoms with van der Waals surface area (Å²) in [6, 6.07) is 15.5. The van der Waals surface area contributed by atoms with E-state index in [4.69, 9.17) is 4.42 Å². The lowest BCUT2D eigenvalue weighted by Gasteiger charge is -2.28. The number of oxazole rings is 1. The van der Waals surface area contributed by atoms with Crippen LogP contribution in [-0.4, -0.2) is 51.7 Å². The highest BCUT2D eigenvalue weighted by Crippen LogP contribution is 2.29. The topological polar surface area (TPSA) is 145 Å². The molecule has 1 aliphatic rings. The van der Waals surface area contributed by atoms with Gasteiger partial charge >= 0.3 is 6.09 Å². The molecule has 3 atom stereocenters. The molecule has 0 fully saturated rings. The molecule has 0 spiro atoms. The van der Waals surface area contributed by atoms with Gasteiger partial charge in [0.2, 0.25) is 11.8 Å². The Morgan fingerprint density at radius 2 is 1.77 bits per heavy atom. The number of carboxylic acid groups (broad SMARTS) is 1. The predicted octanol–water partition coefficient (Wildman–Crippen LogP) is 4.10. The summed E-state index contributed by atoms with van der Waals surface area (Å²) in [5.74, 6) is -0.933. The number of aryl methyl sites for hydroxylation is 2. The molecule has 3 unspecified atom stereocenters. The number of aliphatic hydroxyl groups excluding tert-OH is 1. The number of carbonyl (C=O) groups excluding carboxylic acids is 2. The minimum absolute atomic E-state index is 0.0514. The standard InChI is InChI=1S/C30H36N4O6/c1-19(2)17-23(33-30(38)39)27(36)31-22(15-14-20-9-4-3-5-10-20)26(35)28-32-24(18-40-28)29(37)34-16-8-12-21-11-6-7-13-25(21)34/h3-7,9-11,13,18-19,22-23,26,33,35H,8,12,14-17H2,1-2H3,(H,31,36)(H,38,39). The Morgan fingerprint density at radius 1 is 1.05 bits per heavy atom. The van der Waals surface area contributed by atoms with E-state index in [0.29, 0.717) is 19.4 Å². The zero-order valence-electron chi connectivity index (χ0n) is 22.7. The zero-order chi connectivity index (χ0) is 28.6. The molecule has 0 aliphatic carbocycles. The van der Waals surface area contributed by atoms with E-state index >= 15 is 0 Å². The maximum atomic E-state index is 13.3. The molecule has 212 valence electrons. The fourth-order valence-corrected chi connectivity index (χ4v) is 4.99. The molecule has 1 aliphatic heterocycles. The summed E-state index contributed by atoms with van der Waals surface area (Å²) < 4.78 is 5.56. The molecule has 0 saturated heterocycles. The highest BCUT2D eigenvalue weighted by Gasteiger charge is 2.32. The minimum Gasteiger partial charge on any atom is -0.465 e. The van der Waals surface area contributed by atoms with E-state index < -0.39 is 30.2 Å². The molecule has 2 heterocycles. The molecule has 1 aromatic heterocycles. The lowest BCUT2D eigenvalue weighted by Crippen LogP contribution is -2.51. The zero-order valence-corrected chi connectivity index (χ0v) is 22.7. The summed E-state index contributed by atoms with van der Waals surface area (Å²) >= 11 is 0. The van der Waals surface area contributed by atoms with Crippen LogP contribution in [0.25, 0.3) is 0 Å². The van der Waals surface area contributed by atoms with Crippen molar-refractivity contribution >= 4 is 23.6 Å². The van der Waals surface area contributed by atoms with Crippen molar-refractivity contribution in [3.8, 4) is 0 Å². The molecular formula is C30H36N4O6. The van der Waals surface area contributed by atoms with Gasteiger partial charge in [0.15, 0.2) is 11.8 Å². The maximum Gasteiger partial charge on any atom is 0.405 e. The van der Waals surface area contributed by atoms with Crippen LogP contribution in [0.4, 0.5) is 10.5 Å². The number of hydrogen-bond donors (Lipinski definition) is 4. The number of rotatable bonds is 11. The van der Waals surface area contributed by atoms with Crippen LogP contribution in [0.1, 0.15) is 66.7 Å². The number of nitrogens with zero attached hydrogens (tertiary/aromatic N) is 2. The second kappa shape index (κ2) is 13.3. The van der Waals surface area contributed by atoms with Crippen LogP contribution in [0.2, 0.25) is 0 Å². The van der Waals surface area contributed by atoms with Crippen molar-refractivity contribution in [3.63, 3.8) is 0 Å². The molecular weight excluding hydrogens is 512 g/mol. The molecule has 0 saturated carbocycles. The second-order valence-corrected chi connectivity index (χ2v) is 10.5. The summed E-state index contributed by atoms with van der Waals surface area (Å²) in [4.78, 5) is 43.8. The molecule has 0 bridgehead atoms. The van der Waals surface area contributed by atoms with Crippen LogP contribution in [-0.2, 0) is 17.6 Å². The molecule has 10 heteroatoms. The highest BCUT2D eigenvalue weighted by atomic mass is 16.4. The Balaban J connectivity index is 1.53. The van der Waals surface area contributed by atoms with E-state index in [0.717, 1.165) is 29.7 Å². The summed E-state index contributed by atoms with van der Waals surface area (Å²) in [7, 11) is 0. The Morgan fingerprint density at radius 3 is 2.50 bits per heavy atom. The smallest absolute Gasteiger partial charge is 0.405 e. The SMILES string of the molecule is CC(C)CC(NC(=O)O)C(=O)NC(CCc1ccccc1)C(O)c1nc(C(=O)N2CCCc3ccccc32)co1. The monoisotopic (exact) mass is 548 g/mol. The Bertz CT molecular complexity index is 1310. The minimum atomic E-state index is -1.37. The number of anilines is 1. The first kappa shape index (κ1) is 28.8. The first-order chi connectivity index (χ1) is 19.2. The summed E-state index contributed by atoms with van der Waals surface area (Å²) in [5, 5.41) is 25.6. The average Bonchev–Trinajstić information content (AvgIpc) is 3.44. The Kier molecular flexibility index (Phi) is 9.55. The first-order valence-corrected chi connectivity index (χ1v) is 13.6. The Hall–Kier alpha value is -4.18. The van der Waals surface area contributed by atoms with Crippen molar-refractivity contribution < 1.29 is 29.0 Å². The summed E-state index contributed by atoms with van der Waals surface area (Å²) in [6.45, 7) is 4.32. The van der Waals surface area contributed by atoms with Crippen molar-refractivity contribution in [2.45, 2.75) is 64.1 Å². The molecule has 10 nitrogen and oxygen atoms in total. The van der Waals surface area contributed by atoms with E-state index in [-0.39, 0.29) is 29.8 Å². The van der Waals surface area contributed by atoms with Gasteiger partial charge in [-0.3, -0.25) is 9.59 Å². The summed E-state index contributed by atoms with van der Waals surface area (Å²) in [6.07, 6.45) is 1.40. The molecule has 3 aromatic rings. The van der Waals surface area contributed by atoms with Gasteiger partial charge in [-0.15, -0.1) is 0 Å². The van der Waals surface area contributed by atoms with E-state index in [1.165, 1.54) is 6.26 Å². The van der Waals surface area contributed by atoms with Gasteiger partial charge in [0.05, 0.1) is 6.04 Å². The van der Waals surface area contributed by atoms with E-state index in [1.807, 2.05) is 68.4 Å². The number of amides is 3. The third kappa shape index (κ3) is 7.26. The molecule has 4 N–H and O–H groups in total. The number of carbonyl (C=O) groups is 3. The third-order valence-corrected chi connectivity index (χ3v) is 6.97. The number of aromatic nitrogens is 1. The van der Waals surface area contributed by atoms with Crippen molar-refractivity contribution in [2.75, 3.05) is 11.4 Å². The molecule has 2 aromatic carbocycles. The average molecular weight is 549 g/mol. The number of para-hydroxylation sites is 1. The fraction of sp³-hybridized carbons (Fsp3) is 0.400. The number of hydrogen-bond acceptors (Lipinski definition) is 6. The van der Waals surface area contributed by atoms with Crippen LogP contribution >= 0.6 is 0 Å². The van der Waals surface area contributed by atoms with Gasteiger partial charge in [0.25, 0.3) is 5.91 Å². The van der Waals surface area contributed by atoms with Crippen LogP contribution in [0, 0.1) is 5.92 Å². The van der Waals surface area contributed by atoms with Crippen LogP contribution in [0.3, 0.4) is 0 Å². The predicted molar refractivity (Wildman–Crippen MR) is 149 cm³/mol.